The van der Waals surface area contributed by atoms with Gasteiger partial charge in [-0.2, -0.15) is 0 Å². The molecule has 0 heterocycles. The van der Waals surface area contributed by atoms with Gasteiger partial charge < -0.3 is 37.2 Å². The average molecular weight is 620 g/mol. The molecule has 0 N–H and O–H groups in total. The summed E-state index contributed by atoms with van der Waals surface area (Å²) in [6.45, 7) is 7.30. The van der Waals surface area contributed by atoms with Gasteiger partial charge in [-0.15, -0.1) is 0 Å². The fourth-order valence-electron chi connectivity index (χ4n) is 5.84. The van der Waals surface area contributed by atoms with Crippen LogP contribution in [0.15, 0.2) is 51.1 Å². The van der Waals surface area contributed by atoms with E-state index in [0.29, 0.717) is 0 Å². The predicted octanol–water partition coefficient (Wildman–Crippen LogP) is 1.33. The van der Waals surface area contributed by atoms with Crippen LogP contribution in [0.5, 0.6) is 0 Å². The van der Waals surface area contributed by atoms with Crippen molar-refractivity contribution in [3.63, 3.8) is 0 Å². The third kappa shape index (κ3) is 14.6. The molecule has 0 bridgehead atoms. The fraction of sp³-hybridized carbons (Fsp3) is 0.688. The molecule has 0 aromatic heterocycles. The van der Waals surface area contributed by atoms with E-state index in [9.17, 15) is 0 Å². The SMILES string of the molecule is CCCCCCCCCCCCCCCCCC[Si](C)(C1=CC[C]([Ti+3])=C1CC)c1ccccc1.[Cl-].[Cl-].[Cl-]. The molecular formula is C32H53Cl3SiTi. The van der Waals surface area contributed by atoms with Gasteiger partial charge in [-0.05, 0) is 0 Å². The molecule has 0 nitrogen and oxygen atoms in total. The van der Waals surface area contributed by atoms with Crippen molar-refractivity contribution >= 4 is 13.3 Å². The molecule has 1 aromatic carbocycles. The zero-order valence-electron chi connectivity index (χ0n) is 24.0. The van der Waals surface area contributed by atoms with Gasteiger partial charge in [0.15, 0.2) is 0 Å². The Kier molecular flexibility index (Phi) is 26.0. The van der Waals surface area contributed by atoms with Crippen LogP contribution in [0.1, 0.15) is 129 Å². The maximum atomic E-state index is 2.65. The van der Waals surface area contributed by atoms with Crippen molar-refractivity contribution in [3.05, 3.63) is 51.1 Å². The first kappa shape index (κ1) is 39.6. The van der Waals surface area contributed by atoms with E-state index >= 15 is 0 Å². The summed E-state index contributed by atoms with van der Waals surface area (Å²) < 4.78 is 1.62. The first-order valence-corrected chi connectivity index (χ1v) is 18.3. The van der Waals surface area contributed by atoms with Crippen molar-refractivity contribution in [1.29, 1.82) is 0 Å². The van der Waals surface area contributed by atoms with Crippen LogP contribution in [0.4, 0.5) is 0 Å². The number of hydrogen-bond acceptors (Lipinski definition) is 0. The van der Waals surface area contributed by atoms with Crippen molar-refractivity contribution in [2.24, 2.45) is 0 Å². The van der Waals surface area contributed by atoms with Crippen molar-refractivity contribution in [3.8, 4) is 0 Å². The topological polar surface area (TPSA) is 0 Å². The van der Waals surface area contributed by atoms with Gasteiger partial charge in [0.1, 0.15) is 0 Å². The van der Waals surface area contributed by atoms with E-state index in [0.717, 1.165) is 0 Å². The molecule has 0 saturated heterocycles. The third-order valence-electron chi connectivity index (χ3n) is 8.09. The summed E-state index contributed by atoms with van der Waals surface area (Å²) in [7, 11) is -1.62. The summed E-state index contributed by atoms with van der Waals surface area (Å²) in [5.41, 5.74) is 1.69. The Morgan fingerprint density at radius 1 is 0.649 bits per heavy atom. The molecule has 0 spiro atoms. The second-order valence-electron chi connectivity index (χ2n) is 10.9. The quantitative estimate of drug-likeness (QED) is 0.153. The Hall–Kier alpha value is 0.501. The molecule has 1 atom stereocenters. The van der Waals surface area contributed by atoms with Crippen molar-refractivity contribution < 1.29 is 57.7 Å². The van der Waals surface area contributed by atoms with Crippen molar-refractivity contribution in [2.75, 3.05) is 0 Å². The molecule has 1 aliphatic rings. The zero-order valence-corrected chi connectivity index (χ0v) is 28.9. The maximum absolute atomic E-state index is 2.65. The van der Waals surface area contributed by atoms with Gasteiger partial charge in [-0.25, -0.2) is 0 Å². The normalized spacial score (nSPS) is 14.4. The number of hydrogen-bond donors (Lipinski definition) is 0. The molecule has 0 amide bonds. The Balaban J connectivity index is 0. The summed E-state index contributed by atoms with van der Waals surface area (Å²) >= 11 is 2.36. The molecule has 0 radical (unpaired) electrons. The van der Waals surface area contributed by atoms with Crippen LogP contribution in [-0.2, 0) is 20.4 Å². The minimum Gasteiger partial charge on any atom is -1.00 e. The molecule has 5 heteroatoms. The van der Waals surface area contributed by atoms with E-state index in [1.807, 2.05) is 0 Å². The Bertz CT molecular complexity index is 735. The predicted molar refractivity (Wildman–Crippen MR) is 152 cm³/mol. The number of allylic oxidation sites excluding steroid dienone is 4. The summed E-state index contributed by atoms with van der Waals surface area (Å²) in [6.07, 6.45) is 28.2. The van der Waals surface area contributed by atoms with Gasteiger partial charge in [0, 0.05) is 0 Å². The molecule has 1 aliphatic carbocycles. The van der Waals surface area contributed by atoms with Crippen LogP contribution in [0, 0.1) is 0 Å². The average Bonchev–Trinajstić information content (AvgIpc) is 3.25. The van der Waals surface area contributed by atoms with E-state index in [4.69, 9.17) is 0 Å². The first-order chi connectivity index (χ1) is 16.6. The Morgan fingerprint density at radius 2 is 1.08 bits per heavy atom. The fourth-order valence-corrected chi connectivity index (χ4v) is 11.0. The number of halogens is 3. The maximum Gasteiger partial charge on any atom is -1.00 e. The molecular weight excluding hydrogens is 567 g/mol. The van der Waals surface area contributed by atoms with Crippen LogP contribution in [0.25, 0.3) is 0 Å². The van der Waals surface area contributed by atoms with Crippen LogP contribution < -0.4 is 42.4 Å². The van der Waals surface area contributed by atoms with Crippen molar-refractivity contribution in [2.45, 2.75) is 142 Å². The summed E-state index contributed by atoms with van der Waals surface area (Å²) in [4.78, 5) is 0. The minimum absolute atomic E-state index is 0. The number of unbranched alkanes of at least 4 members (excludes halogenated alkanes) is 15. The van der Waals surface area contributed by atoms with E-state index in [1.165, 1.54) is 122 Å². The standard InChI is InChI=1S/C32H53Si.3ClH.Ti/c1-4-6-7-8-9-10-11-12-13-14-15-16-17-18-19-23-29-33(3,31-26-21-20-22-27-31)32-28-24-25-30(32)5-2;;;;/h20-22,26-28H,4-19,23-24,29H2,1-3H3;3*1H;/q;;;;+3/p-3. The number of rotatable bonds is 20. The molecule has 0 fully saturated rings. The summed E-state index contributed by atoms with van der Waals surface area (Å²) in [5.74, 6) is 0. The van der Waals surface area contributed by atoms with Gasteiger partial charge in [-0.3, -0.25) is 0 Å². The van der Waals surface area contributed by atoms with E-state index in [-0.39, 0.29) is 37.2 Å². The summed E-state index contributed by atoms with van der Waals surface area (Å²) in [5, 5.41) is 3.41. The van der Waals surface area contributed by atoms with Crippen LogP contribution in [0.3, 0.4) is 0 Å². The smallest absolute Gasteiger partial charge is 1.00 e. The first-order valence-electron chi connectivity index (χ1n) is 14.8. The molecule has 210 valence electrons. The molecule has 1 aromatic rings. The van der Waals surface area contributed by atoms with Gasteiger partial charge in [0.2, 0.25) is 0 Å². The Morgan fingerprint density at radius 3 is 1.51 bits per heavy atom. The largest absolute Gasteiger partial charge is 1.00 e. The third-order valence-corrected chi connectivity index (χ3v) is 13.5. The van der Waals surface area contributed by atoms with Gasteiger partial charge in [-0.1, -0.05) is 64.7 Å². The van der Waals surface area contributed by atoms with Crippen LogP contribution in [-0.4, -0.2) is 8.07 Å². The second kappa shape index (κ2) is 24.3. The van der Waals surface area contributed by atoms with Gasteiger partial charge in [0.25, 0.3) is 0 Å². The minimum atomic E-state index is -1.62. The second-order valence-corrected chi connectivity index (χ2v) is 16.1. The zero-order chi connectivity index (χ0) is 24.5. The summed E-state index contributed by atoms with van der Waals surface area (Å²) in [6, 6.07) is 12.9. The molecule has 1 unspecified atom stereocenters. The Labute approximate surface area is 262 Å². The van der Waals surface area contributed by atoms with E-state index in [2.05, 4.69) is 77.2 Å². The van der Waals surface area contributed by atoms with Crippen LogP contribution >= 0.6 is 0 Å². The van der Waals surface area contributed by atoms with E-state index in [1.54, 1.807) is 19.8 Å². The molecule has 0 saturated carbocycles. The monoisotopic (exact) mass is 618 g/mol. The van der Waals surface area contributed by atoms with Crippen LogP contribution in [0.2, 0.25) is 12.6 Å². The number of benzene rings is 1. The molecule has 2 rings (SSSR count). The molecule has 37 heavy (non-hydrogen) atoms. The molecule has 0 aliphatic heterocycles. The van der Waals surface area contributed by atoms with E-state index < -0.39 is 8.07 Å². The van der Waals surface area contributed by atoms with Gasteiger partial charge >= 0.3 is 162 Å². The van der Waals surface area contributed by atoms with Gasteiger partial charge in [0.05, 0.1) is 0 Å². The van der Waals surface area contributed by atoms with Crippen molar-refractivity contribution in [1.82, 2.24) is 0 Å².